The van der Waals surface area contributed by atoms with Crippen LogP contribution in [0.5, 0.6) is 0 Å². The minimum absolute atomic E-state index is 0.133. The van der Waals surface area contributed by atoms with E-state index in [9.17, 15) is 28.0 Å². The molecule has 162 valence electrons. The molecule has 1 atom stereocenters. The van der Waals surface area contributed by atoms with Crippen LogP contribution in [0.3, 0.4) is 0 Å². The van der Waals surface area contributed by atoms with Gasteiger partial charge in [-0.2, -0.15) is 0 Å². The van der Waals surface area contributed by atoms with E-state index in [1.165, 1.54) is 15.8 Å². The molecule has 1 saturated heterocycles. The molecule has 2 N–H and O–H groups in total. The Kier molecular flexibility index (Phi) is 4.99. The van der Waals surface area contributed by atoms with E-state index in [0.29, 0.717) is 23.7 Å². The van der Waals surface area contributed by atoms with Gasteiger partial charge in [-0.1, -0.05) is 5.21 Å². The first-order valence-electron chi connectivity index (χ1n) is 9.49. The number of piperidine rings is 1. The highest BCUT2D eigenvalue weighted by Gasteiger charge is 2.39. The van der Waals surface area contributed by atoms with Gasteiger partial charge in [-0.3, -0.25) is 24.5 Å². The number of aromatic nitrogens is 3. The molecule has 2 aromatic rings. The van der Waals surface area contributed by atoms with E-state index in [-0.39, 0.29) is 36.9 Å². The number of nitrogens with zero attached hydrogens (tertiary/aromatic N) is 4. The fourth-order valence-electron chi connectivity index (χ4n) is 3.52. The number of imide groups is 1. The lowest BCUT2D eigenvalue weighted by Gasteiger charge is -2.29. The van der Waals surface area contributed by atoms with Crippen LogP contribution in [0.4, 0.5) is 8.78 Å². The molecule has 4 rings (SSSR count). The lowest BCUT2D eigenvalue weighted by Crippen LogP contribution is -2.52. The summed E-state index contributed by atoms with van der Waals surface area (Å²) in [7, 11) is 0. The molecule has 0 radical (unpaired) electrons. The van der Waals surface area contributed by atoms with Crippen LogP contribution in [-0.4, -0.2) is 62.0 Å². The molecule has 0 bridgehead atoms. The van der Waals surface area contributed by atoms with Crippen molar-refractivity contribution in [2.75, 3.05) is 6.54 Å². The van der Waals surface area contributed by atoms with Crippen molar-refractivity contribution >= 4 is 23.6 Å². The van der Waals surface area contributed by atoms with Gasteiger partial charge in [0.05, 0.1) is 18.4 Å². The Balaban J connectivity index is 1.50. The van der Waals surface area contributed by atoms with Crippen molar-refractivity contribution in [1.29, 1.82) is 0 Å². The molecule has 10 nitrogen and oxygen atoms in total. The predicted octanol–water partition coefficient (Wildman–Crippen LogP) is 0.413. The van der Waals surface area contributed by atoms with Crippen LogP contribution in [-0.2, 0) is 16.1 Å². The zero-order valence-corrected chi connectivity index (χ0v) is 16.4. The molecule has 1 aromatic heterocycles. The minimum atomic E-state index is -3.05. The third-order valence-corrected chi connectivity index (χ3v) is 5.06. The van der Waals surface area contributed by atoms with Crippen LogP contribution in [0.2, 0.25) is 0 Å². The van der Waals surface area contributed by atoms with E-state index in [4.69, 9.17) is 0 Å². The monoisotopic (exact) mass is 432 g/mol. The molecule has 0 spiro atoms. The van der Waals surface area contributed by atoms with E-state index < -0.39 is 30.3 Å². The van der Waals surface area contributed by atoms with E-state index in [2.05, 4.69) is 20.9 Å². The van der Waals surface area contributed by atoms with Gasteiger partial charge in [0, 0.05) is 25.5 Å². The highest BCUT2D eigenvalue weighted by atomic mass is 19.3. The first-order chi connectivity index (χ1) is 14.6. The van der Waals surface area contributed by atoms with Gasteiger partial charge in [-0.15, -0.1) is 5.10 Å². The molecule has 1 unspecified atom stereocenters. The summed E-state index contributed by atoms with van der Waals surface area (Å²) in [6, 6.07) is 4.13. The maximum atomic E-state index is 12.9. The Morgan fingerprint density at radius 2 is 2.10 bits per heavy atom. The van der Waals surface area contributed by atoms with E-state index >= 15 is 0 Å². The third-order valence-electron chi connectivity index (χ3n) is 5.06. The first-order valence-corrected chi connectivity index (χ1v) is 9.49. The molecule has 2 aliphatic heterocycles. The average Bonchev–Trinajstić information content (AvgIpc) is 3.31. The summed E-state index contributed by atoms with van der Waals surface area (Å²) in [6.07, 6.45) is 1.71. The highest BCUT2D eigenvalue weighted by molar-refractivity contribution is 6.05. The highest BCUT2D eigenvalue weighted by Crippen LogP contribution is 2.29. The smallest absolute Gasteiger partial charge is 0.273 e. The third kappa shape index (κ3) is 4.13. The molecule has 2 aliphatic rings. The lowest BCUT2D eigenvalue weighted by molar-refractivity contribution is -0.136. The minimum Gasteiger partial charge on any atom is -0.345 e. The van der Waals surface area contributed by atoms with Gasteiger partial charge in [0.2, 0.25) is 11.8 Å². The molecular formula is C19H18F2N6O4. The van der Waals surface area contributed by atoms with Gasteiger partial charge in [0.25, 0.3) is 17.7 Å². The topological polar surface area (TPSA) is 126 Å². The molecule has 1 aromatic carbocycles. The second-order valence-corrected chi connectivity index (χ2v) is 7.54. The molecular weight excluding hydrogens is 414 g/mol. The number of rotatable bonds is 5. The van der Waals surface area contributed by atoms with E-state index in [1.54, 1.807) is 18.2 Å². The van der Waals surface area contributed by atoms with Crippen LogP contribution in [0.1, 0.15) is 46.2 Å². The average molecular weight is 432 g/mol. The van der Waals surface area contributed by atoms with Gasteiger partial charge in [-0.25, -0.2) is 13.5 Å². The summed E-state index contributed by atoms with van der Waals surface area (Å²) >= 11 is 0. The van der Waals surface area contributed by atoms with Crippen molar-refractivity contribution in [3.05, 3.63) is 41.2 Å². The summed E-state index contributed by atoms with van der Waals surface area (Å²) in [4.78, 5) is 49.6. The zero-order chi connectivity index (χ0) is 22.3. The number of hydrogen-bond donors (Lipinski definition) is 2. The Morgan fingerprint density at radius 3 is 2.81 bits per heavy atom. The van der Waals surface area contributed by atoms with Gasteiger partial charge in [0.15, 0.2) is 5.69 Å². The number of alkyl halides is 2. The van der Waals surface area contributed by atoms with Crippen LogP contribution < -0.4 is 10.6 Å². The van der Waals surface area contributed by atoms with Gasteiger partial charge in [0.1, 0.15) is 6.04 Å². The van der Waals surface area contributed by atoms with Crippen molar-refractivity contribution < 1.29 is 28.0 Å². The van der Waals surface area contributed by atoms with E-state index in [0.717, 1.165) is 0 Å². The lowest BCUT2D eigenvalue weighted by atomic mass is 10.0. The van der Waals surface area contributed by atoms with Crippen LogP contribution in [0.25, 0.3) is 5.69 Å². The quantitative estimate of drug-likeness (QED) is 0.660. The number of nitrogens with one attached hydrogen (secondary N) is 2. The standard InChI is InChI=1S/C19H18F2N6O4/c1-19(20,21)9-22-16(29)13-8-27(25-24-13)11-2-3-12-10(6-11)7-26(18(12)31)14-4-5-15(28)23-17(14)30/h2-3,6,8,14H,4-5,7,9H2,1H3,(H,22,29)(H,23,28,30). The summed E-state index contributed by atoms with van der Waals surface area (Å²) in [5.41, 5.74) is 1.45. The molecule has 12 heteroatoms. The number of carbonyl (C=O) groups excluding carboxylic acids is 4. The fourth-order valence-corrected chi connectivity index (χ4v) is 3.52. The molecule has 0 aliphatic carbocycles. The Labute approximate surface area is 174 Å². The number of carbonyl (C=O) groups is 4. The van der Waals surface area contributed by atoms with Crippen LogP contribution in [0, 0.1) is 0 Å². The summed E-state index contributed by atoms with van der Waals surface area (Å²) in [5, 5.41) is 11.9. The van der Waals surface area contributed by atoms with Crippen molar-refractivity contribution in [3.8, 4) is 5.69 Å². The number of hydrogen-bond acceptors (Lipinski definition) is 6. The zero-order valence-electron chi connectivity index (χ0n) is 16.4. The van der Waals surface area contributed by atoms with Gasteiger partial charge >= 0.3 is 0 Å². The number of fused-ring (bicyclic) bond motifs is 1. The van der Waals surface area contributed by atoms with Crippen molar-refractivity contribution in [1.82, 2.24) is 30.5 Å². The van der Waals surface area contributed by atoms with Gasteiger partial charge < -0.3 is 10.2 Å². The van der Waals surface area contributed by atoms with Crippen molar-refractivity contribution in [2.45, 2.75) is 38.3 Å². The number of benzene rings is 1. The van der Waals surface area contributed by atoms with Crippen molar-refractivity contribution in [3.63, 3.8) is 0 Å². The second-order valence-electron chi connectivity index (χ2n) is 7.54. The number of halogens is 2. The fraction of sp³-hybridized carbons (Fsp3) is 0.368. The van der Waals surface area contributed by atoms with Gasteiger partial charge in [-0.05, 0) is 30.2 Å². The number of amides is 4. The first kappa shape index (κ1) is 20.6. The normalized spacial score (nSPS) is 18.7. The van der Waals surface area contributed by atoms with Crippen LogP contribution in [0.15, 0.2) is 24.4 Å². The molecule has 3 heterocycles. The molecule has 1 fully saturated rings. The maximum Gasteiger partial charge on any atom is 0.273 e. The SMILES string of the molecule is CC(F)(F)CNC(=O)c1cn(-c2ccc3c(c2)CN(C2CCC(=O)NC2=O)C3=O)nn1. The Bertz CT molecular complexity index is 1090. The Morgan fingerprint density at radius 1 is 1.32 bits per heavy atom. The largest absolute Gasteiger partial charge is 0.345 e. The van der Waals surface area contributed by atoms with E-state index in [1.807, 2.05) is 0 Å². The molecule has 31 heavy (non-hydrogen) atoms. The van der Waals surface area contributed by atoms with Crippen LogP contribution >= 0.6 is 0 Å². The molecule has 4 amide bonds. The van der Waals surface area contributed by atoms with Crippen molar-refractivity contribution in [2.24, 2.45) is 0 Å². The summed E-state index contributed by atoms with van der Waals surface area (Å²) < 4.78 is 27.1. The summed E-state index contributed by atoms with van der Waals surface area (Å²) in [6.45, 7) is 0.0474. The predicted molar refractivity (Wildman–Crippen MR) is 100 cm³/mol. The molecule has 0 saturated carbocycles. The maximum absolute atomic E-state index is 12.9. The Hall–Kier alpha value is -3.70. The second kappa shape index (κ2) is 7.52. The summed E-state index contributed by atoms with van der Waals surface area (Å²) in [5.74, 6) is -5.00.